The Balaban J connectivity index is 2.17. The minimum atomic E-state index is 0.689. The summed E-state index contributed by atoms with van der Waals surface area (Å²) in [4.78, 5) is 2.16. The summed E-state index contributed by atoms with van der Waals surface area (Å²) in [5, 5.41) is 7.78. The molecule has 0 bridgehead atoms. The second-order valence-corrected chi connectivity index (χ2v) is 5.24. The van der Waals surface area contributed by atoms with Gasteiger partial charge < -0.3 is 15.5 Å². The van der Waals surface area contributed by atoms with E-state index in [9.17, 15) is 0 Å². The quantitative estimate of drug-likeness (QED) is 0.619. The van der Waals surface area contributed by atoms with E-state index in [4.69, 9.17) is 23.8 Å². The lowest BCUT2D eigenvalue weighted by Crippen LogP contribution is -2.36. The summed E-state index contributed by atoms with van der Waals surface area (Å²) in [6, 6.07) is 7.76. The summed E-state index contributed by atoms with van der Waals surface area (Å²) < 4.78 is 0. The van der Waals surface area contributed by atoms with Crippen molar-refractivity contribution in [2.24, 2.45) is 0 Å². The lowest BCUT2D eigenvalue weighted by molar-refractivity contribution is 0.400. The van der Waals surface area contributed by atoms with Gasteiger partial charge in [0.25, 0.3) is 0 Å². The van der Waals surface area contributed by atoms with Crippen LogP contribution in [0, 0.1) is 0 Å². The molecule has 1 rings (SSSR count). The average molecular weight is 286 g/mol. The molecule has 0 spiro atoms. The molecule has 1 aromatic carbocycles. The van der Waals surface area contributed by atoms with Crippen molar-refractivity contribution in [3.63, 3.8) is 0 Å². The van der Waals surface area contributed by atoms with Crippen LogP contribution in [-0.4, -0.2) is 37.2 Å². The molecule has 0 aliphatic carbocycles. The van der Waals surface area contributed by atoms with E-state index >= 15 is 0 Å². The zero-order chi connectivity index (χ0) is 13.4. The Labute approximate surface area is 120 Å². The van der Waals surface area contributed by atoms with Gasteiger partial charge in [0, 0.05) is 18.1 Å². The third-order valence-corrected chi connectivity index (χ3v) is 2.93. The molecule has 0 aromatic heterocycles. The Morgan fingerprint density at radius 2 is 2.11 bits per heavy atom. The monoisotopic (exact) mass is 285 g/mol. The molecule has 0 amide bonds. The fourth-order valence-electron chi connectivity index (χ4n) is 1.49. The molecule has 100 valence electrons. The zero-order valence-electron chi connectivity index (χ0n) is 10.9. The van der Waals surface area contributed by atoms with E-state index in [1.807, 2.05) is 24.3 Å². The van der Waals surface area contributed by atoms with Crippen LogP contribution in [0.1, 0.15) is 12.0 Å². The van der Waals surface area contributed by atoms with Gasteiger partial charge in [-0.3, -0.25) is 0 Å². The summed E-state index contributed by atoms with van der Waals surface area (Å²) in [6.45, 7) is 2.64. The Morgan fingerprint density at radius 3 is 2.78 bits per heavy atom. The van der Waals surface area contributed by atoms with Crippen molar-refractivity contribution >= 4 is 28.9 Å². The number of thiocarbonyl (C=S) groups is 1. The highest BCUT2D eigenvalue weighted by Crippen LogP contribution is 2.09. The van der Waals surface area contributed by atoms with Crippen molar-refractivity contribution in [1.29, 1.82) is 0 Å². The maximum absolute atomic E-state index is 5.91. The van der Waals surface area contributed by atoms with Crippen LogP contribution in [0.15, 0.2) is 24.3 Å². The first-order valence-corrected chi connectivity index (χ1v) is 6.77. The maximum Gasteiger partial charge on any atom is 0.166 e. The first kappa shape index (κ1) is 15.2. The molecule has 5 heteroatoms. The first-order chi connectivity index (χ1) is 8.58. The Morgan fingerprint density at radius 1 is 1.33 bits per heavy atom. The van der Waals surface area contributed by atoms with Crippen LogP contribution in [0.2, 0.25) is 5.02 Å². The van der Waals surface area contributed by atoms with Crippen molar-refractivity contribution < 1.29 is 0 Å². The number of benzene rings is 1. The highest BCUT2D eigenvalue weighted by Gasteiger charge is 1.97. The van der Waals surface area contributed by atoms with Gasteiger partial charge in [-0.25, -0.2) is 0 Å². The standard InChI is InChI=1S/C13H20ClN3S/c1-17(2)8-4-7-15-13(18)16-10-11-5-3-6-12(14)9-11/h3,5-6,9H,4,7-8,10H2,1-2H3,(H2,15,16,18). The van der Waals surface area contributed by atoms with Crippen LogP contribution in [-0.2, 0) is 6.54 Å². The molecule has 2 N–H and O–H groups in total. The van der Waals surface area contributed by atoms with Gasteiger partial charge in [-0.05, 0) is 57.0 Å². The SMILES string of the molecule is CN(C)CCCNC(=S)NCc1cccc(Cl)c1. The fraction of sp³-hybridized carbons (Fsp3) is 0.462. The number of nitrogens with one attached hydrogen (secondary N) is 2. The van der Waals surface area contributed by atoms with Crippen LogP contribution in [0.4, 0.5) is 0 Å². The van der Waals surface area contributed by atoms with Crippen molar-refractivity contribution in [2.45, 2.75) is 13.0 Å². The number of rotatable bonds is 6. The van der Waals surface area contributed by atoms with E-state index in [-0.39, 0.29) is 0 Å². The van der Waals surface area contributed by atoms with E-state index < -0.39 is 0 Å². The minimum absolute atomic E-state index is 0.689. The third kappa shape index (κ3) is 6.79. The number of hydrogen-bond acceptors (Lipinski definition) is 2. The van der Waals surface area contributed by atoms with E-state index in [0.717, 1.165) is 30.1 Å². The molecule has 0 heterocycles. The molecule has 0 saturated carbocycles. The molecule has 18 heavy (non-hydrogen) atoms. The first-order valence-electron chi connectivity index (χ1n) is 5.99. The molecular weight excluding hydrogens is 266 g/mol. The van der Waals surface area contributed by atoms with E-state index in [1.54, 1.807) is 0 Å². The lowest BCUT2D eigenvalue weighted by Gasteiger charge is -2.12. The van der Waals surface area contributed by atoms with Crippen LogP contribution < -0.4 is 10.6 Å². The van der Waals surface area contributed by atoms with E-state index in [1.165, 1.54) is 0 Å². The van der Waals surface area contributed by atoms with Crippen molar-refractivity contribution in [3.8, 4) is 0 Å². The normalized spacial score (nSPS) is 10.4. The second-order valence-electron chi connectivity index (χ2n) is 4.40. The molecule has 3 nitrogen and oxygen atoms in total. The number of nitrogens with zero attached hydrogens (tertiary/aromatic N) is 1. The van der Waals surface area contributed by atoms with Gasteiger partial charge >= 0.3 is 0 Å². The van der Waals surface area contributed by atoms with Crippen LogP contribution >= 0.6 is 23.8 Å². The van der Waals surface area contributed by atoms with E-state index in [2.05, 4.69) is 29.6 Å². The van der Waals surface area contributed by atoms with Crippen molar-refractivity contribution in [3.05, 3.63) is 34.9 Å². The molecule has 0 saturated heterocycles. The number of halogens is 1. The Hall–Kier alpha value is -0.840. The van der Waals surface area contributed by atoms with E-state index in [0.29, 0.717) is 11.7 Å². The third-order valence-electron chi connectivity index (χ3n) is 2.41. The highest BCUT2D eigenvalue weighted by atomic mass is 35.5. The molecule has 0 fully saturated rings. The largest absolute Gasteiger partial charge is 0.363 e. The zero-order valence-corrected chi connectivity index (χ0v) is 12.4. The molecule has 0 radical (unpaired) electrons. The topological polar surface area (TPSA) is 27.3 Å². The molecule has 0 aliphatic heterocycles. The van der Waals surface area contributed by atoms with Crippen molar-refractivity contribution in [1.82, 2.24) is 15.5 Å². The smallest absolute Gasteiger partial charge is 0.166 e. The van der Waals surface area contributed by atoms with Crippen molar-refractivity contribution in [2.75, 3.05) is 27.2 Å². The summed E-state index contributed by atoms with van der Waals surface area (Å²) in [5.41, 5.74) is 1.12. The highest BCUT2D eigenvalue weighted by molar-refractivity contribution is 7.80. The fourth-order valence-corrected chi connectivity index (χ4v) is 1.88. The summed E-state index contributed by atoms with van der Waals surface area (Å²) in [7, 11) is 4.13. The van der Waals surface area contributed by atoms with Gasteiger partial charge in [0.05, 0.1) is 0 Å². The van der Waals surface area contributed by atoms with Gasteiger partial charge in [-0.15, -0.1) is 0 Å². The predicted molar refractivity (Wildman–Crippen MR) is 82.1 cm³/mol. The van der Waals surface area contributed by atoms with Crippen LogP contribution in [0.3, 0.4) is 0 Å². The summed E-state index contributed by atoms with van der Waals surface area (Å²) in [6.07, 6.45) is 1.08. The van der Waals surface area contributed by atoms with Gasteiger partial charge in [-0.1, -0.05) is 23.7 Å². The molecular formula is C13H20ClN3S. The molecule has 0 unspecified atom stereocenters. The minimum Gasteiger partial charge on any atom is -0.363 e. The van der Waals surface area contributed by atoms with Crippen LogP contribution in [0.5, 0.6) is 0 Å². The maximum atomic E-state index is 5.91. The van der Waals surface area contributed by atoms with Gasteiger partial charge in [0.2, 0.25) is 0 Å². The summed E-state index contributed by atoms with van der Waals surface area (Å²) >= 11 is 11.1. The lowest BCUT2D eigenvalue weighted by atomic mass is 10.2. The predicted octanol–water partition coefficient (Wildman–Crippen LogP) is 2.26. The number of hydrogen-bond donors (Lipinski definition) is 2. The second kappa shape index (κ2) is 8.29. The summed E-state index contributed by atoms with van der Waals surface area (Å²) in [5.74, 6) is 0. The molecule has 0 atom stereocenters. The van der Waals surface area contributed by atoms with Gasteiger partial charge in [0.1, 0.15) is 0 Å². The Bertz CT molecular complexity index is 382. The molecule has 1 aromatic rings. The molecule has 0 aliphatic rings. The van der Waals surface area contributed by atoms with Gasteiger partial charge in [-0.2, -0.15) is 0 Å². The Kier molecular flexibility index (Phi) is 7.01. The van der Waals surface area contributed by atoms with Crippen LogP contribution in [0.25, 0.3) is 0 Å². The van der Waals surface area contributed by atoms with Gasteiger partial charge in [0.15, 0.2) is 5.11 Å². The average Bonchev–Trinajstić information content (AvgIpc) is 2.32.